The van der Waals surface area contributed by atoms with Crippen LogP contribution in [0.5, 0.6) is 0 Å². The SMILES string of the molecule is O=C(c1cccc(Br)c1Cl)N1CCCCC1CCBr. The highest BCUT2D eigenvalue weighted by Gasteiger charge is 2.28. The van der Waals surface area contributed by atoms with Gasteiger partial charge < -0.3 is 4.90 Å². The Morgan fingerprint density at radius 1 is 1.42 bits per heavy atom. The van der Waals surface area contributed by atoms with Crippen LogP contribution in [0.25, 0.3) is 0 Å². The first-order valence-electron chi connectivity index (χ1n) is 6.46. The Morgan fingerprint density at radius 3 is 2.95 bits per heavy atom. The van der Waals surface area contributed by atoms with Crippen molar-refractivity contribution in [3.63, 3.8) is 0 Å². The fraction of sp³-hybridized carbons (Fsp3) is 0.500. The number of carbonyl (C=O) groups is 1. The first-order chi connectivity index (χ1) is 9.15. The van der Waals surface area contributed by atoms with Gasteiger partial charge in [-0.15, -0.1) is 0 Å². The minimum absolute atomic E-state index is 0.0527. The van der Waals surface area contributed by atoms with Crippen LogP contribution in [-0.4, -0.2) is 28.7 Å². The number of hydrogen-bond acceptors (Lipinski definition) is 1. The van der Waals surface area contributed by atoms with E-state index in [0.29, 0.717) is 16.6 Å². The molecule has 1 aliphatic heterocycles. The number of likely N-dealkylation sites (tertiary alicyclic amines) is 1. The first kappa shape index (κ1) is 15.3. The molecule has 1 aliphatic rings. The molecule has 104 valence electrons. The van der Waals surface area contributed by atoms with E-state index in [4.69, 9.17) is 11.6 Å². The summed E-state index contributed by atoms with van der Waals surface area (Å²) in [5, 5.41) is 1.43. The number of nitrogens with zero attached hydrogens (tertiary/aromatic N) is 1. The van der Waals surface area contributed by atoms with Crippen molar-refractivity contribution >= 4 is 49.4 Å². The van der Waals surface area contributed by atoms with E-state index in [9.17, 15) is 4.79 Å². The van der Waals surface area contributed by atoms with Crippen molar-refractivity contribution in [2.24, 2.45) is 0 Å². The fourth-order valence-corrected chi connectivity index (χ4v) is 3.62. The lowest BCUT2D eigenvalue weighted by atomic mass is 9.99. The Labute approximate surface area is 135 Å². The molecule has 1 heterocycles. The lowest BCUT2D eigenvalue weighted by Gasteiger charge is -2.36. The quantitative estimate of drug-likeness (QED) is 0.652. The van der Waals surface area contributed by atoms with E-state index >= 15 is 0 Å². The normalized spacial score (nSPS) is 19.5. The molecule has 0 aromatic heterocycles. The molecule has 1 unspecified atom stereocenters. The molecule has 1 atom stereocenters. The molecule has 1 fully saturated rings. The molecule has 1 aromatic rings. The third-order valence-corrected chi connectivity index (χ3v) is 5.27. The Bertz CT molecular complexity index is 465. The number of carbonyl (C=O) groups excluding carboxylic acids is 1. The number of alkyl halides is 1. The van der Waals surface area contributed by atoms with Crippen LogP contribution >= 0.6 is 43.5 Å². The first-order valence-corrected chi connectivity index (χ1v) is 8.75. The zero-order valence-electron chi connectivity index (χ0n) is 10.5. The van der Waals surface area contributed by atoms with Crippen molar-refractivity contribution in [3.8, 4) is 0 Å². The maximum atomic E-state index is 12.7. The van der Waals surface area contributed by atoms with Gasteiger partial charge in [0, 0.05) is 22.4 Å². The third kappa shape index (κ3) is 3.53. The minimum atomic E-state index is 0.0527. The topological polar surface area (TPSA) is 20.3 Å². The van der Waals surface area contributed by atoms with Crippen molar-refractivity contribution in [3.05, 3.63) is 33.3 Å². The summed E-state index contributed by atoms with van der Waals surface area (Å²) in [6, 6.07) is 5.84. The molecule has 0 aliphatic carbocycles. The van der Waals surface area contributed by atoms with E-state index in [1.807, 2.05) is 17.0 Å². The molecule has 5 heteroatoms. The molecule has 2 nitrogen and oxygen atoms in total. The predicted octanol–water partition coefficient (Wildman–Crippen LogP) is 4.88. The number of rotatable bonds is 3. The molecule has 0 spiro atoms. The molecule has 19 heavy (non-hydrogen) atoms. The number of piperidine rings is 1. The minimum Gasteiger partial charge on any atom is -0.336 e. The van der Waals surface area contributed by atoms with Gasteiger partial charge in [-0.05, 0) is 53.7 Å². The van der Waals surface area contributed by atoms with Gasteiger partial charge in [-0.25, -0.2) is 0 Å². The highest BCUT2D eigenvalue weighted by atomic mass is 79.9. The summed E-state index contributed by atoms with van der Waals surface area (Å²) >= 11 is 13.1. The summed E-state index contributed by atoms with van der Waals surface area (Å²) in [5.74, 6) is 0.0527. The van der Waals surface area contributed by atoms with Gasteiger partial charge in [-0.2, -0.15) is 0 Å². The van der Waals surface area contributed by atoms with Crippen LogP contribution < -0.4 is 0 Å². The third-order valence-electron chi connectivity index (χ3n) is 3.51. The average molecular weight is 410 g/mol. The molecular formula is C14H16Br2ClNO. The molecule has 1 aromatic carbocycles. The van der Waals surface area contributed by atoms with E-state index in [-0.39, 0.29) is 5.91 Å². The highest BCUT2D eigenvalue weighted by Crippen LogP contribution is 2.29. The van der Waals surface area contributed by atoms with Gasteiger partial charge in [0.15, 0.2) is 0 Å². The Morgan fingerprint density at radius 2 is 2.21 bits per heavy atom. The Hall–Kier alpha value is -0.0600. The van der Waals surface area contributed by atoms with Crippen molar-refractivity contribution in [2.75, 3.05) is 11.9 Å². The molecule has 0 radical (unpaired) electrons. The molecule has 0 bridgehead atoms. The van der Waals surface area contributed by atoms with Crippen LogP contribution in [0.15, 0.2) is 22.7 Å². The Kier molecular flexibility index (Phi) is 5.72. The monoisotopic (exact) mass is 407 g/mol. The summed E-state index contributed by atoms with van der Waals surface area (Å²) in [6.45, 7) is 0.833. The molecule has 0 N–H and O–H groups in total. The fourth-order valence-electron chi connectivity index (χ4n) is 2.52. The van der Waals surface area contributed by atoms with Gasteiger partial charge in [0.2, 0.25) is 0 Å². The van der Waals surface area contributed by atoms with E-state index in [2.05, 4.69) is 31.9 Å². The molecular weight excluding hydrogens is 393 g/mol. The van der Waals surface area contributed by atoms with Crippen LogP contribution in [0.1, 0.15) is 36.0 Å². The van der Waals surface area contributed by atoms with Gasteiger partial charge in [0.25, 0.3) is 5.91 Å². The van der Waals surface area contributed by atoms with Gasteiger partial charge in [-0.3, -0.25) is 4.79 Å². The lowest BCUT2D eigenvalue weighted by Crippen LogP contribution is -2.44. The van der Waals surface area contributed by atoms with Crippen LogP contribution in [0.2, 0.25) is 5.02 Å². The zero-order chi connectivity index (χ0) is 13.8. The van der Waals surface area contributed by atoms with Crippen LogP contribution in [0, 0.1) is 0 Å². The zero-order valence-corrected chi connectivity index (χ0v) is 14.5. The second-order valence-corrected chi connectivity index (χ2v) is 6.75. The number of amides is 1. The summed E-state index contributed by atoms with van der Waals surface area (Å²) in [5.41, 5.74) is 0.595. The predicted molar refractivity (Wildman–Crippen MR) is 86.2 cm³/mol. The van der Waals surface area contributed by atoms with Crippen LogP contribution in [-0.2, 0) is 0 Å². The molecule has 2 rings (SSSR count). The van der Waals surface area contributed by atoms with Gasteiger partial charge in [0.05, 0.1) is 10.6 Å². The number of benzene rings is 1. The molecule has 1 saturated heterocycles. The van der Waals surface area contributed by atoms with Crippen molar-refractivity contribution in [1.82, 2.24) is 4.90 Å². The summed E-state index contributed by atoms with van der Waals surface area (Å²) in [7, 11) is 0. The van der Waals surface area contributed by atoms with Crippen molar-refractivity contribution in [1.29, 1.82) is 0 Å². The summed E-state index contributed by atoms with van der Waals surface area (Å²) in [6.07, 6.45) is 4.37. The van der Waals surface area contributed by atoms with E-state index in [1.54, 1.807) is 6.07 Å². The van der Waals surface area contributed by atoms with Gasteiger partial charge >= 0.3 is 0 Å². The van der Waals surface area contributed by atoms with E-state index in [1.165, 1.54) is 6.42 Å². The van der Waals surface area contributed by atoms with Crippen LogP contribution in [0.4, 0.5) is 0 Å². The van der Waals surface area contributed by atoms with Crippen molar-refractivity contribution in [2.45, 2.75) is 31.7 Å². The smallest absolute Gasteiger partial charge is 0.255 e. The average Bonchev–Trinajstić information content (AvgIpc) is 2.42. The van der Waals surface area contributed by atoms with E-state index in [0.717, 1.165) is 35.6 Å². The Balaban J connectivity index is 2.23. The maximum Gasteiger partial charge on any atom is 0.255 e. The number of halogens is 3. The number of hydrogen-bond donors (Lipinski definition) is 0. The van der Waals surface area contributed by atoms with Crippen molar-refractivity contribution < 1.29 is 4.79 Å². The maximum absolute atomic E-state index is 12.7. The van der Waals surface area contributed by atoms with E-state index < -0.39 is 0 Å². The largest absolute Gasteiger partial charge is 0.336 e. The van der Waals surface area contributed by atoms with Gasteiger partial charge in [0.1, 0.15) is 0 Å². The molecule has 0 saturated carbocycles. The lowest BCUT2D eigenvalue weighted by molar-refractivity contribution is 0.0610. The van der Waals surface area contributed by atoms with Crippen LogP contribution in [0.3, 0.4) is 0 Å². The summed E-state index contributed by atoms with van der Waals surface area (Å²) in [4.78, 5) is 14.6. The second kappa shape index (κ2) is 7.09. The molecule has 1 amide bonds. The highest BCUT2D eigenvalue weighted by molar-refractivity contribution is 9.10. The van der Waals surface area contributed by atoms with Gasteiger partial charge in [-0.1, -0.05) is 33.6 Å². The summed E-state index contributed by atoms with van der Waals surface area (Å²) < 4.78 is 0.772. The second-order valence-electron chi connectivity index (χ2n) is 4.73. The standard InChI is InChI=1S/C14H16Br2ClNO/c15-8-7-10-4-1-2-9-18(10)14(19)11-5-3-6-12(16)13(11)17/h3,5-6,10H,1-2,4,7-9H2.